The summed E-state index contributed by atoms with van der Waals surface area (Å²) in [6, 6.07) is 10.2. The van der Waals surface area contributed by atoms with Gasteiger partial charge in [-0.05, 0) is 23.1 Å². The topological polar surface area (TPSA) is 38.0 Å². The fraction of sp³-hybridized carbons (Fsp3) is 0.211. The van der Waals surface area contributed by atoms with Crippen molar-refractivity contribution in [2.24, 2.45) is 0 Å². The van der Waals surface area contributed by atoms with Crippen molar-refractivity contribution in [3.63, 3.8) is 0 Å². The predicted octanol–water partition coefficient (Wildman–Crippen LogP) is 4.74. The molecule has 0 aliphatic carbocycles. The predicted molar refractivity (Wildman–Crippen MR) is 91.0 cm³/mol. The van der Waals surface area contributed by atoms with E-state index in [-0.39, 0.29) is 5.76 Å². The van der Waals surface area contributed by atoms with Crippen LogP contribution in [0.1, 0.15) is 36.5 Å². The van der Waals surface area contributed by atoms with Crippen LogP contribution >= 0.6 is 0 Å². The van der Waals surface area contributed by atoms with Gasteiger partial charge in [0, 0.05) is 36.1 Å². The molecule has 0 spiro atoms. The summed E-state index contributed by atoms with van der Waals surface area (Å²) >= 11 is 0. The Labute approximate surface area is 130 Å². The molecule has 0 aliphatic rings. The highest BCUT2D eigenvalue weighted by Crippen LogP contribution is 2.32. The molecule has 1 N–H and O–H groups in total. The number of rotatable bonds is 4. The summed E-state index contributed by atoms with van der Waals surface area (Å²) in [6.45, 7) is 8.79. The molecule has 0 saturated carbocycles. The number of hydrogen-bond donors (Lipinski definition) is 1. The standard InChI is InChI=1S/C19H20N2O/c1-13(2)16-7-4-8-17-18(14(3)22)12-21(19(16)17)11-15-6-5-9-20-10-15/h4-10,12-13,22H,3,11H2,1-2H3. The maximum Gasteiger partial charge on any atom is 0.117 e. The monoisotopic (exact) mass is 292 g/mol. The van der Waals surface area contributed by atoms with Crippen molar-refractivity contribution >= 4 is 16.7 Å². The lowest BCUT2D eigenvalue weighted by molar-refractivity contribution is 0.514. The third-order valence-electron chi connectivity index (χ3n) is 3.94. The molecule has 0 radical (unpaired) electrons. The van der Waals surface area contributed by atoms with Crippen molar-refractivity contribution in [3.8, 4) is 0 Å². The van der Waals surface area contributed by atoms with Crippen molar-refractivity contribution < 1.29 is 5.11 Å². The number of aromatic nitrogens is 2. The molecule has 0 unspecified atom stereocenters. The van der Waals surface area contributed by atoms with Crippen molar-refractivity contribution in [2.75, 3.05) is 0 Å². The third-order valence-corrected chi connectivity index (χ3v) is 3.94. The van der Waals surface area contributed by atoms with Crippen LogP contribution in [0, 0.1) is 0 Å². The Hall–Kier alpha value is -2.55. The number of aliphatic hydroxyl groups is 1. The molecule has 3 nitrogen and oxygen atoms in total. The first kappa shape index (κ1) is 14.4. The number of pyridine rings is 1. The Kier molecular flexibility index (Phi) is 3.72. The second-order valence-corrected chi connectivity index (χ2v) is 5.88. The number of para-hydroxylation sites is 1. The van der Waals surface area contributed by atoms with Gasteiger partial charge in [-0.3, -0.25) is 4.98 Å². The van der Waals surface area contributed by atoms with Gasteiger partial charge in [0.2, 0.25) is 0 Å². The van der Waals surface area contributed by atoms with Crippen LogP contribution < -0.4 is 0 Å². The molecule has 0 amide bonds. The zero-order valence-corrected chi connectivity index (χ0v) is 13.0. The second kappa shape index (κ2) is 5.68. The average molecular weight is 292 g/mol. The Balaban J connectivity index is 2.22. The van der Waals surface area contributed by atoms with Gasteiger partial charge >= 0.3 is 0 Å². The van der Waals surface area contributed by atoms with Crippen LogP contribution in [-0.4, -0.2) is 14.7 Å². The fourth-order valence-corrected chi connectivity index (χ4v) is 2.90. The molecule has 1 aromatic carbocycles. The smallest absolute Gasteiger partial charge is 0.117 e. The van der Waals surface area contributed by atoms with E-state index in [2.05, 4.69) is 42.1 Å². The molecular formula is C19H20N2O. The van der Waals surface area contributed by atoms with E-state index < -0.39 is 0 Å². The van der Waals surface area contributed by atoms with Crippen LogP contribution in [-0.2, 0) is 6.54 Å². The van der Waals surface area contributed by atoms with Gasteiger partial charge in [0.25, 0.3) is 0 Å². The summed E-state index contributed by atoms with van der Waals surface area (Å²) in [7, 11) is 0. The molecule has 0 saturated heterocycles. The normalized spacial score (nSPS) is 11.2. The highest BCUT2D eigenvalue weighted by atomic mass is 16.3. The molecule has 2 heterocycles. The molecule has 3 rings (SSSR count). The first-order chi connectivity index (χ1) is 10.6. The number of nitrogens with zero attached hydrogens (tertiary/aromatic N) is 2. The first-order valence-electron chi connectivity index (χ1n) is 7.47. The molecular weight excluding hydrogens is 272 g/mol. The van der Waals surface area contributed by atoms with Crippen LogP contribution in [0.2, 0.25) is 0 Å². The van der Waals surface area contributed by atoms with Crippen molar-refractivity contribution in [3.05, 3.63) is 72.2 Å². The zero-order chi connectivity index (χ0) is 15.7. The second-order valence-electron chi connectivity index (χ2n) is 5.88. The maximum atomic E-state index is 9.91. The molecule has 0 atom stereocenters. The van der Waals surface area contributed by atoms with Gasteiger partial charge in [0.15, 0.2) is 0 Å². The van der Waals surface area contributed by atoms with Crippen molar-refractivity contribution in [2.45, 2.75) is 26.3 Å². The van der Waals surface area contributed by atoms with E-state index in [0.717, 1.165) is 28.6 Å². The van der Waals surface area contributed by atoms with E-state index in [0.29, 0.717) is 5.92 Å². The SMILES string of the molecule is C=C(O)c1cn(Cc2cccnc2)c2c(C(C)C)cccc12. The molecule has 22 heavy (non-hydrogen) atoms. The van der Waals surface area contributed by atoms with Crippen molar-refractivity contribution in [1.82, 2.24) is 9.55 Å². The minimum atomic E-state index is 0.107. The van der Waals surface area contributed by atoms with Crippen LogP contribution in [0.4, 0.5) is 0 Å². The van der Waals surface area contributed by atoms with Crippen LogP contribution in [0.5, 0.6) is 0 Å². The quantitative estimate of drug-likeness (QED) is 0.705. The lowest BCUT2D eigenvalue weighted by Gasteiger charge is -2.12. The molecule has 112 valence electrons. The Morgan fingerprint density at radius 1 is 1.27 bits per heavy atom. The number of aliphatic hydroxyl groups excluding tert-OH is 1. The Morgan fingerprint density at radius 3 is 2.73 bits per heavy atom. The third kappa shape index (κ3) is 2.50. The molecule has 0 bridgehead atoms. The van der Waals surface area contributed by atoms with Crippen LogP contribution in [0.3, 0.4) is 0 Å². The molecule has 0 aliphatic heterocycles. The minimum Gasteiger partial charge on any atom is -0.508 e. The highest BCUT2D eigenvalue weighted by molar-refractivity contribution is 5.93. The van der Waals surface area contributed by atoms with E-state index in [9.17, 15) is 5.11 Å². The number of benzene rings is 1. The molecule has 3 aromatic rings. The van der Waals surface area contributed by atoms with Gasteiger partial charge in [0.1, 0.15) is 5.76 Å². The molecule has 3 heteroatoms. The average Bonchev–Trinajstić information content (AvgIpc) is 2.87. The fourth-order valence-electron chi connectivity index (χ4n) is 2.90. The van der Waals surface area contributed by atoms with Crippen molar-refractivity contribution in [1.29, 1.82) is 0 Å². The largest absolute Gasteiger partial charge is 0.508 e. The number of fused-ring (bicyclic) bond motifs is 1. The summed E-state index contributed by atoms with van der Waals surface area (Å²) in [5, 5.41) is 11.0. The first-order valence-corrected chi connectivity index (χ1v) is 7.47. The van der Waals surface area contributed by atoms with Gasteiger partial charge in [-0.2, -0.15) is 0 Å². The van der Waals surface area contributed by atoms with Gasteiger partial charge in [0.05, 0.1) is 5.52 Å². The van der Waals surface area contributed by atoms with E-state index in [4.69, 9.17) is 0 Å². The highest BCUT2D eigenvalue weighted by Gasteiger charge is 2.15. The molecule has 2 aromatic heterocycles. The zero-order valence-electron chi connectivity index (χ0n) is 13.0. The summed E-state index contributed by atoms with van der Waals surface area (Å²) in [5.74, 6) is 0.516. The Morgan fingerprint density at radius 2 is 2.09 bits per heavy atom. The lowest BCUT2D eigenvalue weighted by Crippen LogP contribution is -2.01. The number of hydrogen-bond acceptors (Lipinski definition) is 2. The van der Waals surface area contributed by atoms with E-state index in [1.54, 1.807) is 6.20 Å². The summed E-state index contributed by atoms with van der Waals surface area (Å²) in [6.07, 6.45) is 5.63. The van der Waals surface area contributed by atoms with Crippen LogP contribution in [0.15, 0.2) is 55.5 Å². The summed E-state index contributed by atoms with van der Waals surface area (Å²) in [5.41, 5.74) is 4.36. The Bertz CT molecular complexity index is 816. The summed E-state index contributed by atoms with van der Waals surface area (Å²) < 4.78 is 2.18. The van der Waals surface area contributed by atoms with E-state index in [1.807, 2.05) is 30.6 Å². The molecule has 0 fully saturated rings. The van der Waals surface area contributed by atoms with Gasteiger partial charge < -0.3 is 9.67 Å². The van der Waals surface area contributed by atoms with Gasteiger partial charge in [-0.25, -0.2) is 0 Å². The van der Waals surface area contributed by atoms with Gasteiger partial charge in [-0.1, -0.05) is 44.7 Å². The van der Waals surface area contributed by atoms with Crippen LogP contribution in [0.25, 0.3) is 16.7 Å². The van der Waals surface area contributed by atoms with E-state index >= 15 is 0 Å². The summed E-state index contributed by atoms with van der Waals surface area (Å²) in [4.78, 5) is 4.18. The minimum absolute atomic E-state index is 0.107. The van der Waals surface area contributed by atoms with Gasteiger partial charge in [-0.15, -0.1) is 0 Å². The lowest BCUT2D eigenvalue weighted by atomic mass is 9.99. The van der Waals surface area contributed by atoms with E-state index in [1.165, 1.54) is 5.56 Å². The maximum absolute atomic E-state index is 9.91.